The van der Waals surface area contributed by atoms with Crippen LogP contribution >= 0.6 is 11.6 Å². The molecular weight excluding hydrogens is 458 g/mol. The third-order valence-electron chi connectivity index (χ3n) is 6.70. The minimum absolute atomic E-state index is 0.0417. The number of amides is 2. The molecular formula is C23H19ClF2N2O5. The van der Waals surface area contributed by atoms with Crippen molar-refractivity contribution >= 4 is 35.1 Å². The maximum absolute atomic E-state index is 14.1. The number of esters is 1. The topological polar surface area (TPSA) is 84.9 Å². The number of hydrogen-bond donors (Lipinski definition) is 1. The highest BCUT2D eigenvalue weighted by Gasteiger charge is 2.67. The van der Waals surface area contributed by atoms with E-state index in [1.165, 1.54) is 11.8 Å². The standard InChI is InChI=1S/C23H19ClF2N2O5/c1-3-32-21(30)18-13-9-33-17-5-4-10(24)6-12(17)19(13)28-20(29)11-7-14(25)15(26)8-16(11)27-22(31)23(18,28)2/h4-8,13,18-19H,3,9H2,1-2H3,(H,27,31)/t13-,18-,19+,23-/m1/s1. The van der Waals surface area contributed by atoms with E-state index < -0.39 is 52.8 Å². The number of halogens is 3. The maximum atomic E-state index is 14.1. The number of carbonyl (C=O) groups is 3. The Kier molecular flexibility index (Phi) is 4.86. The first-order chi connectivity index (χ1) is 15.7. The molecule has 0 aliphatic carbocycles. The number of fused-ring (bicyclic) bond motifs is 6. The molecule has 0 radical (unpaired) electrons. The molecule has 0 spiro atoms. The van der Waals surface area contributed by atoms with Crippen molar-refractivity contribution < 1.29 is 32.6 Å². The van der Waals surface area contributed by atoms with Gasteiger partial charge in [0.2, 0.25) is 0 Å². The Balaban J connectivity index is 1.77. The van der Waals surface area contributed by atoms with Gasteiger partial charge < -0.3 is 19.7 Å². The molecule has 0 saturated carbocycles. The van der Waals surface area contributed by atoms with E-state index in [-0.39, 0.29) is 24.5 Å². The Morgan fingerprint density at radius 2 is 2.00 bits per heavy atom. The Morgan fingerprint density at radius 1 is 1.27 bits per heavy atom. The van der Waals surface area contributed by atoms with Crippen molar-refractivity contribution in [3.8, 4) is 5.75 Å². The van der Waals surface area contributed by atoms with Crippen molar-refractivity contribution in [2.75, 3.05) is 18.5 Å². The van der Waals surface area contributed by atoms with Crippen LogP contribution in [0.4, 0.5) is 14.5 Å². The van der Waals surface area contributed by atoms with Gasteiger partial charge >= 0.3 is 5.97 Å². The molecule has 1 N–H and O–H groups in total. The third-order valence-corrected chi connectivity index (χ3v) is 6.93. The summed E-state index contributed by atoms with van der Waals surface area (Å²) in [6.07, 6.45) is 0. The molecule has 33 heavy (non-hydrogen) atoms. The molecule has 0 bridgehead atoms. The lowest BCUT2D eigenvalue weighted by Crippen LogP contribution is -2.57. The van der Waals surface area contributed by atoms with Gasteiger partial charge in [0.1, 0.15) is 11.3 Å². The van der Waals surface area contributed by atoms with Crippen molar-refractivity contribution in [3.05, 3.63) is 58.1 Å². The molecule has 2 amide bonds. The number of nitrogens with one attached hydrogen (secondary N) is 1. The van der Waals surface area contributed by atoms with Crippen LogP contribution in [-0.2, 0) is 14.3 Å². The van der Waals surface area contributed by atoms with Gasteiger partial charge in [-0.1, -0.05) is 11.6 Å². The first-order valence-electron chi connectivity index (χ1n) is 10.4. The van der Waals surface area contributed by atoms with Gasteiger partial charge in [-0.15, -0.1) is 0 Å². The second-order valence-electron chi connectivity index (χ2n) is 8.42. The first kappa shape index (κ1) is 21.6. The molecule has 0 aromatic heterocycles. The molecule has 2 aromatic rings. The van der Waals surface area contributed by atoms with E-state index >= 15 is 0 Å². The molecule has 1 saturated heterocycles. The number of carbonyl (C=O) groups excluding carboxylic acids is 3. The number of ether oxygens (including phenoxy) is 2. The molecule has 1 fully saturated rings. The highest BCUT2D eigenvalue weighted by Crippen LogP contribution is 2.57. The minimum Gasteiger partial charge on any atom is -0.493 e. The summed E-state index contributed by atoms with van der Waals surface area (Å²) in [6.45, 7) is 3.21. The summed E-state index contributed by atoms with van der Waals surface area (Å²) < 4.78 is 39.2. The van der Waals surface area contributed by atoms with Crippen LogP contribution in [0.2, 0.25) is 5.02 Å². The molecule has 0 unspecified atom stereocenters. The van der Waals surface area contributed by atoms with Crippen LogP contribution in [0.3, 0.4) is 0 Å². The summed E-state index contributed by atoms with van der Waals surface area (Å²) in [5.74, 6) is -5.82. The van der Waals surface area contributed by atoms with Crippen molar-refractivity contribution in [2.24, 2.45) is 11.8 Å². The number of rotatable bonds is 2. The van der Waals surface area contributed by atoms with Gasteiger partial charge in [-0.3, -0.25) is 14.4 Å². The number of hydrogen-bond acceptors (Lipinski definition) is 5. The summed E-state index contributed by atoms with van der Waals surface area (Å²) >= 11 is 6.22. The van der Waals surface area contributed by atoms with E-state index in [1.807, 2.05) is 0 Å². The number of anilines is 1. The SMILES string of the molecule is CCOC(=O)[C@H]1[C@H]2COc3ccc(Cl)cc3[C@@H]2N2C(=O)c3cc(F)c(F)cc3NC(=O)[C@@]12C. The second-order valence-corrected chi connectivity index (χ2v) is 8.86. The van der Waals surface area contributed by atoms with Crippen molar-refractivity contribution in [1.29, 1.82) is 0 Å². The summed E-state index contributed by atoms with van der Waals surface area (Å²) in [6, 6.07) is 5.62. The third kappa shape index (κ3) is 2.95. The summed E-state index contributed by atoms with van der Waals surface area (Å²) in [4.78, 5) is 41.8. The fourth-order valence-electron chi connectivity index (χ4n) is 5.28. The van der Waals surface area contributed by atoms with Gasteiger partial charge in [0.25, 0.3) is 11.8 Å². The first-order valence-corrected chi connectivity index (χ1v) is 10.8. The smallest absolute Gasteiger partial charge is 0.312 e. The van der Waals surface area contributed by atoms with Gasteiger partial charge in [-0.05, 0) is 38.1 Å². The number of nitrogens with zero attached hydrogens (tertiary/aromatic N) is 1. The molecule has 172 valence electrons. The Labute approximate surface area is 192 Å². The minimum atomic E-state index is -1.72. The molecule has 3 heterocycles. The Morgan fingerprint density at radius 3 is 2.73 bits per heavy atom. The van der Waals surface area contributed by atoms with E-state index in [9.17, 15) is 23.2 Å². The van der Waals surface area contributed by atoms with E-state index in [0.717, 1.165) is 12.1 Å². The van der Waals surface area contributed by atoms with E-state index in [0.29, 0.717) is 16.3 Å². The Bertz CT molecular complexity index is 1220. The van der Waals surface area contributed by atoms with Gasteiger partial charge in [0.15, 0.2) is 11.6 Å². The molecule has 10 heteroatoms. The maximum Gasteiger partial charge on any atom is 0.312 e. The van der Waals surface area contributed by atoms with Crippen LogP contribution in [-0.4, -0.2) is 41.4 Å². The van der Waals surface area contributed by atoms with E-state index in [2.05, 4.69) is 5.32 Å². The summed E-state index contributed by atoms with van der Waals surface area (Å²) in [5, 5.41) is 2.90. The molecule has 3 aliphatic heterocycles. The second kappa shape index (κ2) is 7.41. The highest BCUT2D eigenvalue weighted by atomic mass is 35.5. The lowest BCUT2D eigenvalue weighted by Gasteiger charge is -2.38. The molecule has 5 rings (SSSR count). The zero-order valence-electron chi connectivity index (χ0n) is 17.7. The highest BCUT2D eigenvalue weighted by molar-refractivity contribution is 6.30. The Hall–Kier alpha value is -3.20. The molecule has 3 aliphatic rings. The molecule has 7 nitrogen and oxygen atoms in total. The van der Waals surface area contributed by atoms with Crippen LogP contribution in [0.5, 0.6) is 5.75 Å². The summed E-state index contributed by atoms with van der Waals surface area (Å²) in [5.41, 5.74) is -1.59. The van der Waals surface area contributed by atoms with Gasteiger partial charge in [-0.2, -0.15) is 0 Å². The molecule has 4 atom stereocenters. The normalized spacial score (nSPS) is 27.4. The van der Waals surface area contributed by atoms with Gasteiger partial charge in [0.05, 0.1) is 36.4 Å². The van der Waals surface area contributed by atoms with Crippen molar-refractivity contribution in [2.45, 2.75) is 25.4 Å². The van der Waals surface area contributed by atoms with Crippen LogP contribution in [0.1, 0.15) is 35.8 Å². The van der Waals surface area contributed by atoms with E-state index in [4.69, 9.17) is 21.1 Å². The zero-order valence-corrected chi connectivity index (χ0v) is 18.4. The number of benzene rings is 2. The average molecular weight is 477 g/mol. The lowest BCUT2D eigenvalue weighted by atomic mass is 9.77. The fourth-order valence-corrected chi connectivity index (χ4v) is 5.46. The largest absolute Gasteiger partial charge is 0.493 e. The van der Waals surface area contributed by atoms with Crippen LogP contribution in [0.15, 0.2) is 30.3 Å². The van der Waals surface area contributed by atoms with Crippen molar-refractivity contribution in [1.82, 2.24) is 4.90 Å². The monoisotopic (exact) mass is 476 g/mol. The zero-order chi connectivity index (χ0) is 23.7. The lowest BCUT2D eigenvalue weighted by molar-refractivity contribution is -0.155. The van der Waals surface area contributed by atoms with Crippen molar-refractivity contribution in [3.63, 3.8) is 0 Å². The average Bonchev–Trinajstić information content (AvgIpc) is 3.01. The quantitative estimate of drug-likeness (QED) is 0.668. The van der Waals surface area contributed by atoms with Gasteiger partial charge in [0, 0.05) is 22.6 Å². The van der Waals surface area contributed by atoms with Gasteiger partial charge in [-0.25, -0.2) is 8.78 Å². The predicted molar refractivity (Wildman–Crippen MR) is 113 cm³/mol. The van der Waals surface area contributed by atoms with Crippen LogP contribution in [0.25, 0.3) is 0 Å². The van der Waals surface area contributed by atoms with E-state index in [1.54, 1.807) is 25.1 Å². The molecule has 2 aromatic carbocycles. The fraction of sp³-hybridized carbons (Fsp3) is 0.348. The predicted octanol–water partition coefficient (Wildman–Crippen LogP) is 3.71. The van der Waals surface area contributed by atoms with Crippen LogP contribution in [0, 0.1) is 23.5 Å². The summed E-state index contributed by atoms with van der Waals surface area (Å²) in [7, 11) is 0. The van der Waals surface area contributed by atoms with Crippen LogP contribution < -0.4 is 10.1 Å².